The van der Waals surface area contributed by atoms with E-state index in [1.165, 1.54) is 6.21 Å². The number of hydrogen-bond acceptors (Lipinski definition) is 4. The quantitative estimate of drug-likeness (QED) is 0.567. The average Bonchev–Trinajstić information content (AvgIpc) is 3.18. The molecule has 5 nitrogen and oxygen atoms in total. The predicted octanol–water partition coefficient (Wildman–Crippen LogP) is 3.56. The van der Waals surface area contributed by atoms with Gasteiger partial charge in [-0.3, -0.25) is 9.89 Å². The standard InChI is InChI=1S/C15H11ClN4OS/c16-11-4-1-3-10(7-11)9-17-20-15(21)13-8-12(18-19-13)14-5-2-6-22-14/h1-9H,(H,18,19)(H,20,21)/b17-9+. The third kappa shape index (κ3) is 3.41. The molecule has 7 heteroatoms. The minimum atomic E-state index is -0.377. The topological polar surface area (TPSA) is 70.1 Å². The third-order valence-electron chi connectivity index (χ3n) is 2.83. The van der Waals surface area contributed by atoms with Crippen molar-refractivity contribution in [3.8, 4) is 10.6 Å². The molecule has 0 saturated heterocycles. The second-order valence-corrected chi connectivity index (χ2v) is 5.78. The predicted molar refractivity (Wildman–Crippen MR) is 88.4 cm³/mol. The van der Waals surface area contributed by atoms with E-state index in [2.05, 4.69) is 20.7 Å². The molecule has 1 amide bonds. The molecule has 0 atom stereocenters. The van der Waals surface area contributed by atoms with Crippen LogP contribution in [0, 0.1) is 0 Å². The Balaban J connectivity index is 1.65. The van der Waals surface area contributed by atoms with E-state index in [4.69, 9.17) is 11.6 Å². The molecule has 0 aliphatic carbocycles. The first kappa shape index (κ1) is 14.5. The normalized spacial score (nSPS) is 11.0. The van der Waals surface area contributed by atoms with E-state index in [0.717, 1.165) is 16.1 Å². The number of hydrogen-bond donors (Lipinski definition) is 2. The molecule has 2 N–H and O–H groups in total. The Morgan fingerprint density at radius 1 is 1.32 bits per heavy atom. The van der Waals surface area contributed by atoms with Crippen molar-refractivity contribution in [2.45, 2.75) is 0 Å². The lowest BCUT2D eigenvalue weighted by Crippen LogP contribution is -2.17. The second-order valence-electron chi connectivity index (χ2n) is 4.40. The summed E-state index contributed by atoms with van der Waals surface area (Å²) in [5.41, 5.74) is 4.32. The van der Waals surface area contributed by atoms with Crippen molar-refractivity contribution in [3.63, 3.8) is 0 Å². The van der Waals surface area contributed by atoms with E-state index in [0.29, 0.717) is 5.02 Å². The van der Waals surface area contributed by atoms with Crippen LogP contribution in [0.2, 0.25) is 5.02 Å². The number of carbonyl (C=O) groups excluding carboxylic acids is 1. The highest BCUT2D eigenvalue weighted by molar-refractivity contribution is 7.13. The molecule has 3 aromatic rings. The number of rotatable bonds is 4. The van der Waals surface area contributed by atoms with Crippen LogP contribution < -0.4 is 5.43 Å². The lowest BCUT2D eigenvalue weighted by atomic mass is 10.2. The maximum atomic E-state index is 12.0. The SMILES string of the molecule is O=C(N/N=C/c1cccc(Cl)c1)c1cc(-c2cccs2)[nH]n1. The van der Waals surface area contributed by atoms with Crippen LogP contribution >= 0.6 is 22.9 Å². The summed E-state index contributed by atoms with van der Waals surface area (Å²) in [6, 6.07) is 12.8. The molecule has 2 heterocycles. The van der Waals surface area contributed by atoms with Crippen molar-refractivity contribution in [1.82, 2.24) is 15.6 Å². The van der Waals surface area contributed by atoms with Crippen molar-refractivity contribution >= 4 is 35.1 Å². The van der Waals surface area contributed by atoms with E-state index in [9.17, 15) is 4.79 Å². The number of benzene rings is 1. The van der Waals surface area contributed by atoms with E-state index in [-0.39, 0.29) is 11.6 Å². The van der Waals surface area contributed by atoms with E-state index in [1.54, 1.807) is 29.5 Å². The molecule has 0 bridgehead atoms. The molecule has 0 aliphatic rings. The fourth-order valence-electron chi connectivity index (χ4n) is 1.81. The lowest BCUT2D eigenvalue weighted by Gasteiger charge is -1.96. The van der Waals surface area contributed by atoms with Gasteiger partial charge < -0.3 is 0 Å². The Labute approximate surface area is 135 Å². The fraction of sp³-hybridized carbons (Fsp3) is 0. The van der Waals surface area contributed by atoms with E-state index >= 15 is 0 Å². The molecule has 1 aromatic carbocycles. The van der Waals surface area contributed by atoms with Gasteiger partial charge in [-0.2, -0.15) is 10.2 Å². The monoisotopic (exact) mass is 330 g/mol. The van der Waals surface area contributed by atoms with Gasteiger partial charge in [0.1, 0.15) is 0 Å². The highest BCUT2D eigenvalue weighted by atomic mass is 35.5. The minimum Gasteiger partial charge on any atom is -0.276 e. The number of aromatic nitrogens is 2. The van der Waals surface area contributed by atoms with E-state index < -0.39 is 0 Å². The van der Waals surface area contributed by atoms with Gasteiger partial charge in [0.05, 0.1) is 16.8 Å². The Morgan fingerprint density at radius 2 is 2.23 bits per heavy atom. The van der Waals surface area contributed by atoms with Gasteiger partial charge in [-0.15, -0.1) is 11.3 Å². The van der Waals surface area contributed by atoms with Gasteiger partial charge in [-0.05, 0) is 35.2 Å². The molecule has 2 aromatic heterocycles. The smallest absolute Gasteiger partial charge is 0.276 e. The van der Waals surface area contributed by atoms with Gasteiger partial charge in [0, 0.05) is 5.02 Å². The highest BCUT2D eigenvalue weighted by Gasteiger charge is 2.10. The number of carbonyl (C=O) groups is 1. The molecule has 0 radical (unpaired) electrons. The molecule has 0 fully saturated rings. The molecule has 22 heavy (non-hydrogen) atoms. The Hall–Kier alpha value is -2.44. The van der Waals surface area contributed by atoms with Crippen LogP contribution in [0.3, 0.4) is 0 Å². The summed E-state index contributed by atoms with van der Waals surface area (Å²) < 4.78 is 0. The van der Waals surface area contributed by atoms with Crippen LogP contribution in [0.25, 0.3) is 10.6 Å². The van der Waals surface area contributed by atoms with Crippen LogP contribution in [0.4, 0.5) is 0 Å². The zero-order valence-electron chi connectivity index (χ0n) is 11.3. The number of H-pyrrole nitrogens is 1. The molecule has 110 valence electrons. The third-order valence-corrected chi connectivity index (χ3v) is 3.96. The molecule has 0 spiro atoms. The number of amides is 1. The maximum Gasteiger partial charge on any atom is 0.291 e. The number of hydrazone groups is 1. The first-order chi connectivity index (χ1) is 10.7. The van der Waals surface area contributed by atoms with Gasteiger partial charge in [-0.1, -0.05) is 29.8 Å². The Bertz CT molecular complexity index is 811. The molecule has 0 unspecified atom stereocenters. The zero-order chi connectivity index (χ0) is 15.4. The second kappa shape index (κ2) is 6.55. The number of aromatic amines is 1. The first-order valence-corrected chi connectivity index (χ1v) is 7.66. The lowest BCUT2D eigenvalue weighted by molar-refractivity contribution is 0.0950. The van der Waals surface area contributed by atoms with Crippen LogP contribution in [0.1, 0.15) is 16.1 Å². The summed E-state index contributed by atoms with van der Waals surface area (Å²) in [5, 5.41) is 13.3. The number of nitrogens with one attached hydrogen (secondary N) is 2. The Morgan fingerprint density at radius 3 is 3.00 bits per heavy atom. The van der Waals surface area contributed by atoms with Crippen LogP contribution in [-0.4, -0.2) is 22.3 Å². The van der Waals surface area contributed by atoms with Gasteiger partial charge in [0.25, 0.3) is 5.91 Å². The van der Waals surface area contributed by atoms with Crippen molar-refractivity contribution < 1.29 is 4.79 Å². The molecule has 3 rings (SSSR count). The summed E-state index contributed by atoms with van der Waals surface area (Å²) in [5.74, 6) is -0.377. The largest absolute Gasteiger partial charge is 0.291 e. The first-order valence-electron chi connectivity index (χ1n) is 6.40. The van der Waals surface area contributed by atoms with Gasteiger partial charge in [0.15, 0.2) is 5.69 Å². The number of nitrogens with zero attached hydrogens (tertiary/aromatic N) is 2. The fourth-order valence-corrected chi connectivity index (χ4v) is 2.70. The van der Waals surface area contributed by atoms with Crippen LogP contribution in [-0.2, 0) is 0 Å². The summed E-state index contributed by atoms with van der Waals surface area (Å²) in [6.07, 6.45) is 1.52. The molecule has 0 saturated carbocycles. The Kier molecular flexibility index (Phi) is 4.32. The van der Waals surface area contributed by atoms with Gasteiger partial charge >= 0.3 is 0 Å². The number of thiophene rings is 1. The minimum absolute atomic E-state index is 0.284. The summed E-state index contributed by atoms with van der Waals surface area (Å²) >= 11 is 7.44. The van der Waals surface area contributed by atoms with Crippen LogP contribution in [0.15, 0.2) is 52.9 Å². The molecular weight excluding hydrogens is 320 g/mol. The summed E-state index contributed by atoms with van der Waals surface area (Å²) in [7, 11) is 0. The van der Waals surface area contributed by atoms with Crippen molar-refractivity contribution in [2.75, 3.05) is 0 Å². The maximum absolute atomic E-state index is 12.0. The van der Waals surface area contributed by atoms with E-state index in [1.807, 2.05) is 29.6 Å². The summed E-state index contributed by atoms with van der Waals surface area (Å²) in [4.78, 5) is 13.0. The van der Waals surface area contributed by atoms with Crippen molar-refractivity contribution in [1.29, 1.82) is 0 Å². The zero-order valence-corrected chi connectivity index (χ0v) is 12.9. The average molecular weight is 331 g/mol. The summed E-state index contributed by atoms with van der Waals surface area (Å²) in [6.45, 7) is 0. The van der Waals surface area contributed by atoms with Gasteiger partial charge in [-0.25, -0.2) is 5.43 Å². The van der Waals surface area contributed by atoms with Crippen molar-refractivity contribution in [2.24, 2.45) is 5.10 Å². The van der Waals surface area contributed by atoms with Gasteiger partial charge in [0.2, 0.25) is 0 Å². The number of halogens is 1. The highest BCUT2D eigenvalue weighted by Crippen LogP contribution is 2.22. The van der Waals surface area contributed by atoms with Crippen molar-refractivity contribution in [3.05, 3.63) is 64.1 Å². The molecular formula is C15H11ClN4OS. The van der Waals surface area contributed by atoms with Crippen LogP contribution in [0.5, 0.6) is 0 Å². The molecule has 0 aliphatic heterocycles.